The Bertz CT molecular complexity index is 123. The van der Waals surface area contributed by atoms with Gasteiger partial charge in [-0.3, -0.25) is 4.99 Å². The molecule has 0 amide bonds. The van der Waals surface area contributed by atoms with Crippen LogP contribution in [0.4, 0.5) is 0 Å². The third-order valence-corrected chi connectivity index (χ3v) is 1.57. The average molecular weight is 127 g/mol. The van der Waals surface area contributed by atoms with Gasteiger partial charge in [0.05, 0.1) is 6.04 Å². The van der Waals surface area contributed by atoms with Crippen LogP contribution < -0.4 is 0 Å². The van der Waals surface area contributed by atoms with Crippen LogP contribution in [0.5, 0.6) is 0 Å². The van der Waals surface area contributed by atoms with Crippen molar-refractivity contribution in [2.75, 3.05) is 6.61 Å². The lowest BCUT2D eigenvalue weighted by molar-refractivity contribution is 0.239. The van der Waals surface area contributed by atoms with Gasteiger partial charge in [-0.05, 0) is 5.41 Å². The molecule has 1 rings (SSSR count). The van der Waals surface area contributed by atoms with Gasteiger partial charge in [0, 0.05) is 0 Å². The van der Waals surface area contributed by atoms with Crippen LogP contribution in [-0.2, 0) is 4.74 Å². The number of rotatable bonds is 0. The van der Waals surface area contributed by atoms with Crippen LogP contribution in [0.2, 0.25) is 0 Å². The Morgan fingerprint density at radius 2 is 2.22 bits per heavy atom. The summed E-state index contributed by atoms with van der Waals surface area (Å²) in [4.78, 5) is 4.16. The van der Waals surface area contributed by atoms with Crippen LogP contribution in [0.1, 0.15) is 20.8 Å². The summed E-state index contributed by atoms with van der Waals surface area (Å²) in [5.41, 5.74) is 0.257. The Morgan fingerprint density at radius 1 is 1.56 bits per heavy atom. The van der Waals surface area contributed by atoms with E-state index in [2.05, 4.69) is 25.8 Å². The second-order valence-corrected chi connectivity index (χ2v) is 3.47. The zero-order valence-corrected chi connectivity index (χ0v) is 6.22. The molecular formula is C7H13NO. The lowest BCUT2D eigenvalue weighted by atomic mass is 9.88. The summed E-state index contributed by atoms with van der Waals surface area (Å²) < 4.78 is 4.99. The predicted octanol–water partition coefficient (Wildman–Crippen LogP) is 1.46. The van der Waals surface area contributed by atoms with Crippen molar-refractivity contribution < 1.29 is 4.74 Å². The molecule has 2 heteroatoms. The largest absolute Gasteiger partial charge is 0.481 e. The molecule has 0 N–H and O–H groups in total. The van der Waals surface area contributed by atoms with Gasteiger partial charge in [0.1, 0.15) is 6.61 Å². The maximum Gasteiger partial charge on any atom is 0.169 e. The highest BCUT2D eigenvalue weighted by Crippen LogP contribution is 2.23. The van der Waals surface area contributed by atoms with Gasteiger partial charge < -0.3 is 4.74 Å². The van der Waals surface area contributed by atoms with E-state index in [9.17, 15) is 0 Å². The summed E-state index contributed by atoms with van der Waals surface area (Å²) in [5.74, 6) is 0. The van der Waals surface area contributed by atoms with Gasteiger partial charge in [-0.2, -0.15) is 0 Å². The van der Waals surface area contributed by atoms with Crippen molar-refractivity contribution in [2.45, 2.75) is 26.8 Å². The van der Waals surface area contributed by atoms with Crippen LogP contribution >= 0.6 is 0 Å². The minimum absolute atomic E-state index is 0.257. The van der Waals surface area contributed by atoms with Crippen molar-refractivity contribution in [3.63, 3.8) is 0 Å². The second-order valence-electron chi connectivity index (χ2n) is 3.47. The average Bonchev–Trinajstić information content (AvgIpc) is 2.08. The molecule has 0 aromatic carbocycles. The second kappa shape index (κ2) is 2.01. The molecule has 0 bridgehead atoms. The van der Waals surface area contributed by atoms with E-state index in [1.54, 1.807) is 6.40 Å². The normalized spacial score (nSPS) is 26.3. The summed E-state index contributed by atoms with van der Waals surface area (Å²) in [5, 5.41) is 0. The van der Waals surface area contributed by atoms with Crippen LogP contribution in [0.3, 0.4) is 0 Å². The molecule has 0 aromatic heterocycles. The molecule has 9 heavy (non-hydrogen) atoms. The fourth-order valence-electron chi connectivity index (χ4n) is 0.767. The van der Waals surface area contributed by atoms with E-state index >= 15 is 0 Å². The molecule has 0 saturated carbocycles. The van der Waals surface area contributed by atoms with E-state index in [-0.39, 0.29) is 5.41 Å². The highest BCUT2D eigenvalue weighted by Gasteiger charge is 2.26. The van der Waals surface area contributed by atoms with Crippen LogP contribution in [0.15, 0.2) is 4.99 Å². The fourth-order valence-corrected chi connectivity index (χ4v) is 0.767. The summed E-state index contributed by atoms with van der Waals surface area (Å²) in [7, 11) is 0. The molecule has 0 spiro atoms. The van der Waals surface area contributed by atoms with Crippen LogP contribution in [0.25, 0.3) is 0 Å². The number of aliphatic imine (C=N–C) groups is 1. The molecule has 1 aliphatic rings. The van der Waals surface area contributed by atoms with Crippen LogP contribution in [0, 0.1) is 5.41 Å². The third kappa shape index (κ3) is 1.44. The Balaban J connectivity index is 2.53. The van der Waals surface area contributed by atoms with Crippen molar-refractivity contribution >= 4 is 6.40 Å². The van der Waals surface area contributed by atoms with Crippen molar-refractivity contribution in [3.05, 3.63) is 0 Å². The summed E-state index contributed by atoms with van der Waals surface area (Å²) in [6.07, 6.45) is 1.55. The van der Waals surface area contributed by atoms with Crippen molar-refractivity contribution in [1.29, 1.82) is 0 Å². The van der Waals surface area contributed by atoms with Crippen LogP contribution in [-0.4, -0.2) is 19.0 Å². The molecule has 0 aromatic rings. The highest BCUT2D eigenvalue weighted by atomic mass is 16.5. The maximum atomic E-state index is 4.99. The fraction of sp³-hybridized carbons (Fsp3) is 0.857. The first kappa shape index (κ1) is 6.59. The molecule has 1 atom stereocenters. The Morgan fingerprint density at radius 3 is 2.44 bits per heavy atom. The molecule has 52 valence electrons. The predicted molar refractivity (Wildman–Crippen MR) is 37.7 cm³/mol. The van der Waals surface area contributed by atoms with Crippen molar-refractivity contribution in [3.8, 4) is 0 Å². The van der Waals surface area contributed by atoms with Gasteiger partial charge >= 0.3 is 0 Å². The van der Waals surface area contributed by atoms with E-state index in [0.29, 0.717) is 6.04 Å². The van der Waals surface area contributed by atoms with Gasteiger partial charge in [-0.25, -0.2) is 0 Å². The first-order valence-electron chi connectivity index (χ1n) is 3.24. The Labute approximate surface area is 55.9 Å². The van der Waals surface area contributed by atoms with E-state index in [1.165, 1.54) is 0 Å². The number of ether oxygens (including phenoxy) is 1. The quantitative estimate of drug-likeness (QED) is 0.482. The third-order valence-electron chi connectivity index (χ3n) is 1.57. The topological polar surface area (TPSA) is 21.6 Å². The molecule has 0 unspecified atom stereocenters. The first-order chi connectivity index (χ1) is 4.11. The monoisotopic (exact) mass is 127 g/mol. The van der Waals surface area contributed by atoms with E-state index < -0.39 is 0 Å². The van der Waals surface area contributed by atoms with E-state index in [0.717, 1.165) is 6.61 Å². The zero-order chi connectivity index (χ0) is 6.91. The molecule has 0 saturated heterocycles. The lowest BCUT2D eigenvalue weighted by Gasteiger charge is -2.22. The molecule has 0 fully saturated rings. The molecule has 0 aliphatic carbocycles. The van der Waals surface area contributed by atoms with Crippen molar-refractivity contribution in [2.24, 2.45) is 10.4 Å². The van der Waals surface area contributed by atoms with E-state index in [4.69, 9.17) is 4.74 Å². The Hall–Kier alpha value is -0.530. The molecule has 2 nitrogen and oxygen atoms in total. The molecule has 1 aliphatic heterocycles. The Kier molecular flexibility index (Phi) is 1.47. The SMILES string of the molecule is CC(C)(C)[C@@H]1COC=N1. The number of hydrogen-bond donors (Lipinski definition) is 0. The first-order valence-corrected chi connectivity index (χ1v) is 3.24. The smallest absolute Gasteiger partial charge is 0.169 e. The summed E-state index contributed by atoms with van der Waals surface area (Å²) >= 11 is 0. The van der Waals surface area contributed by atoms with Gasteiger partial charge in [0.25, 0.3) is 0 Å². The highest BCUT2D eigenvalue weighted by molar-refractivity contribution is 5.49. The number of hydrogen-bond acceptors (Lipinski definition) is 2. The van der Waals surface area contributed by atoms with E-state index in [1.807, 2.05) is 0 Å². The molecular weight excluding hydrogens is 114 g/mol. The molecule has 0 radical (unpaired) electrons. The van der Waals surface area contributed by atoms with Crippen molar-refractivity contribution in [1.82, 2.24) is 0 Å². The van der Waals surface area contributed by atoms with Gasteiger partial charge in [-0.15, -0.1) is 0 Å². The summed E-state index contributed by atoms with van der Waals surface area (Å²) in [6, 6.07) is 0.359. The maximum absolute atomic E-state index is 4.99. The molecule has 1 heterocycles. The lowest BCUT2D eigenvalue weighted by Crippen LogP contribution is -2.25. The van der Waals surface area contributed by atoms with Gasteiger partial charge in [0.15, 0.2) is 6.40 Å². The van der Waals surface area contributed by atoms with Gasteiger partial charge in [0.2, 0.25) is 0 Å². The van der Waals surface area contributed by atoms with Gasteiger partial charge in [-0.1, -0.05) is 20.8 Å². The standard InChI is InChI=1S/C7H13NO/c1-7(2,3)6-4-9-5-8-6/h5-6H,4H2,1-3H3/t6-/m0/s1. The zero-order valence-electron chi connectivity index (χ0n) is 6.22. The summed E-state index contributed by atoms with van der Waals surface area (Å²) in [6.45, 7) is 7.26. The number of nitrogens with zero attached hydrogens (tertiary/aromatic N) is 1. The minimum Gasteiger partial charge on any atom is -0.481 e. The minimum atomic E-state index is 0.257.